The number of nitrogens with two attached hydrogens (primary N) is 1. The first-order chi connectivity index (χ1) is 9.70. The van der Waals surface area contributed by atoms with Crippen LogP contribution in [0.15, 0.2) is 0 Å². The van der Waals surface area contributed by atoms with Gasteiger partial charge in [0.15, 0.2) is 0 Å². The zero-order chi connectivity index (χ0) is 14.9. The highest BCUT2D eigenvalue weighted by Crippen LogP contribution is 2.42. The Morgan fingerprint density at radius 2 is 1.80 bits per heavy atom. The smallest absolute Gasteiger partial charge is 0.370 e. The topological polar surface area (TPSA) is 65.7 Å². The van der Waals surface area contributed by atoms with E-state index < -0.39 is 8.56 Å². The van der Waals surface area contributed by atoms with Gasteiger partial charge in [-0.15, -0.1) is 0 Å². The van der Waals surface area contributed by atoms with Gasteiger partial charge in [0, 0.05) is 21.3 Å². The van der Waals surface area contributed by atoms with Gasteiger partial charge in [-0.1, -0.05) is 12.8 Å². The minimum absolute atomic E-state index is 0.190. The largest absolute Gasteiger partial charge is 0.396 e. The second kappa shape index (κ2) is 9.12. The van der Waals surface area contributed by atoms with Gasteiger partial charge < -0.3 is 24.6 Å². The summed E-state index contributed by atoms with van der Waals surface area (Å²) in [6.45, 7) is 2.75. The van der Waals surface area contributed by atoms with Crippen LogP contribution in [0.1, 0.15) is 38.5 Å². The van der Waals surface area contributed by atoms with Crippen molar-refractivity contribution in [2.24, 2.45) is 5.73 Å². The van der Waals surface area contributed by atoms with Gasteiger partial charge in [0.05, 0.1) is 0 Å². The lowest BCUT2D eigenvalue weighted by molar-refractivity contribution is -0.0156. The Morgan fingerprint density at radius 3 is 2.40 bits per heavy atom. The Balaban J connectivity index is 2.54. The lowest BCUT2D eigenvalue weighted by Gasteiger charge is -2.48. The van der Waals surface area contributed by atoms with E-state index in [4.69, 9.17) is 19.3 Å². The van der Waals surface area contributed by atoms with Gasteiger partial charge >= 0.3 is 8.56 Å². The monoisotopic (exact) mass is 304 g/mol. The molecule has 0 amide bonds. The van der Waals surface area contributed by atoms with E-state index in [2.05, 4.69) is 5.32 Å². The lowest BCUT2D eigenvalue weighted by atomic mass is 10.1. The molecule has 0 saturated carbocycles. The predicted molar refractivity (Wildman–Crippen MR) is 83.9 cm³/mol. The number of hydrogen-bond donors (Lipinski definition) is 2. The Kier molecular flexibility index (Phi) is 8.24. The predicted octanol–water partition coefficient (Wildman–Crippen LogP) is 1.55. The van der Waals surface area contributed by atoms with E-state index >= 15 is 0 Å². The summed E-state index contributed by atoms with van der Waals surface area (Å²) >= 11 is 0. The molecule has 3 N–H and O–H groups in total. The zero-order valence-corrected chi connectivity index (χ0v) is 14.4. The van der Waals surface area contributed by atoms with E-state index in [1.165, 1.54) is 12.8 Å². The number of rotatable bonds is 10. The summed E-state index contributed by atoms with van der Waals surface area (Å²) in [6, 6.07) is 1.04. The van der Waals surface area contributed by atoms with Crippen LogP contribution in [0.3, 0.4) is 0 Å². The molecule has 1 unspecified atom stereocenters. The van der Waals surface area contributed by atoms with Crippen molar-refractivity contribution < 1.29 is 13.6 Å². The van der Waals surface area contributed by atoms with Crippen LogP contribution in [0, 0.1) is 0 Å². The molecule has 0 spiro atoms. The standard InChI is InChI=1S/C14H32N2O3Si/c1-17-14(9-6-11-16-12-7-10-15)8-4-5-13-20(14,18-2)19-3/h16H,4-13,15H2,1-3H3. The third-order valence-corrected chi connectivity index (χ3v) is 9.00. The fourth-order valence-corrected chi connectivity index (χ4v) is 7.29. The molecule has 6 heteroatoms. The van der Waals surface area contributed by atoms with Gasteiger partial charge in [-0.25, -0.2) is 0 Å². The summed E-state index contributed by atoms with van der Waals surface area (Å²) in [6.07, 6.45) is 6.57. The SMILES string of the molecule is COC1(CCCNCCCN)CCCC[Si]1(OC)OC. The van der Waals surface area contributed by atoms with Crippen molar-refractivity contribution >= 4 is 8.56 Å². The summed E-state index contributed by atoms with van der Waals surface area (Å²) in [4.78, 5) is 0. The average molecular weight is 305 g/mol. The quantitative estimate of drug-likeness (QED) is 0.473. The zero-order valence-electron chi connectivity index (χ0n) is 13.4. The fraction of sp³-hybridized carbons (Fsp3) is 1.00. The van der Waals surface area contributed by atoms with Gasteiger partial charge in [-0.2, -0.15) is 0 Å². The van der Waals surface area contributed by atoms with Gasteiger partial charge in [-0.05, 0) is 51.4 Å². The average Bonchev–Trinajstić information content (AvgIpc) is 2.51. The van der Waals surface area contributed by atoms with Crippen molar-refractivity contribution in [1.82, 2.24) is 5.32 Å². The Hall–Kier alpha value is 0.0169. The van der Waals surface area contributed by atoms with Crippen molar-refractivity contribution in [2.45, 2.75) is 49.8 Å². The van der Waals surface area contributed by atoms with E-state index in [0.717, 1.165) is 51.4 Å². The van der Waals surface area contributed by atoms with E-state index in [0.29, 0.717) is 0 Å². The van der Waals surface area contributed by atoms with Gasteiger partial charge in [-0.3, -0.25) is 0 Å². The van der Waals surface area contributed by atoms with E-state index in [-0.39, 0.29) is 5.22 Å². The highest BCUT2D eigenvalue weighted by molar-refractivity contribution is 6.70. The molecule has 0 aliphatic carbocycles. The molecule has 1 aliphatic heterocycles. The fourth-order valence-electron chi connectivity index (χ4n) is 3.37. The van der Waals surface area contributed by atoms with E-state index in [1.807, 2.05) is 7.11 Å². The molecule has 1 aliphatic rings. The molecule has 1 rings (SSSR count). The maximum Gasteiger partial charge on any atom is 0.370 e. The Bertz CT molecular complexity index is 265. The van der Waals surface area contributed by atoms with Crippen LogP contribution < -0.4 is 11.1 Å². The molecule has 1 fully saturated rings. The van der Waals surface area contributed by atoms with E-state index in [1.54, 1.807) is 14.2 Å². The number of hydrogen-bond acceptors (Lipinski definition) is 5. The van der Waals surface area contributed by atoms with Crippen LogP contribution in [-0.2, 0) is 13.6 Å². The third kappa shape index (κ3) is 4.02. The van der Waals surface area contributed by atoms with Gasteiger partial charge in [0.2, 0.25) is 0 Å². The molecule has 120 valence electrons. The summed E-state index contributed by atoms with van der Waals surface area (Å²) in [5.41, 5.74) is 5.49. The van der Waals surface area contributed by atoms with Crippen LogP contribution in [0.4, 0.5) is 0 Å². The first-order valence-corrected chi connectivity index (χ1v) is 9.79. The number of methoxy groups -OCH3 is 1. The molecule has 1 saturated heterocycles. The molecule has 1 atom stereocenters. The van der Waals surface area contributed by atoms with Crippen LogP contribution in [0.5, 0.6) is 0 Å². The van der Waals surface area contributed by atoms with E-state index in [9.17, 15) is 0 Å². The minimum atomic E-state index is -2.26. The summed E-state index contributed by atoms with van der Waals surface area (Å²) < 4.78 is 17.7. The molecular weight excluding hydrogens is 272 g/mol. The number of ether oxygens (including phenoxy) is 1. The highest BCUT2D eigenvalue weighted by atomic mass is 28.4. The normalized spacial score (nSPS) is 25.8. The van der Waals surface area contributed by atoms with Crippen molar-refractivity contribution in [2.75, 3.05) is 41.0 Å². The molecule has 20 heavy (non-hydrogen) atoms. The maximum atomic E-state index is 5.97. The van der Waals surface area contributed by atoms with Gasteiger partial charge in [0.1, 0.15) is 5.22 Å². The second-order valence-corrected chi connectivity index (χ2v) is 9.30. The molecule has 0 radical (unpaired) electrons. The van der Waals surface area contributed by atoms with Gasteiger partial charge in [0.25, 0.3) is 0 Å². The molecule has 0 bridgehead atoms. The molecule has 5 nitrogen and oxygen atoms in total. The summed E-state index contributed by atoms with van der Waals surface area (Å²) in [5.74, 6) is 0. The third-order valence-electron chi connectivity index (χ3n) is 4.57. The minimum Gasteiger partial charge on any atom is -0.396 e. The van der Waals surface area contributed by atoms with Crippen LogP contribution in [0.25, 0.3) is 0 Å². The first-order valence-electron chi connectivity index (χ1n) is 7.76. The lowest BCUT2D eigenvalue weighted by Crippen LogP contribution is -2.64. The van der Waals surface area contributed by atoms with Crippen molar-refractivity contribution in [3.8, 4) is 0 Å². The highest BCUT2D eigenvalue weighted by Gasteiger charge is 2.58. The van der Waals surface area contributed by atoms with Crippen molar-refractivity contribution in [3.63, 3.8) is 0 Å². The van der Waals surface area contributed by atoms with Crippen LogP contribution in [0.2, 0.25) is 6.04 Å². The van der Waals surface area contributed by atoms with Crippen LogP contribution in [-0.4, -0.2) is 54.7 Å². The first kappa shape index (κ1) is 18.1. The summed E-state index contributed by atoms with van der Waals surface area (Å²) in [5, 5.41) is 3.24. The maximum absolute atomic E-state index is 5.97. The summed E-state index contributed by atoms with van der Waals surface area (Å²) in [7, 11) is 3.13. The molecular formula is C14H32N2O3Si. The second-order valence-electron chi connectivity index (χ2n) is 5.56. The van der Waals surface area contributed by atoms with Crippen LogP contribution >= 0.6 is 0 Å². The molecule has 1 heterocycles. The van der Waals surface area contributed by atoms with Crippen molar-refractivity contribution in [3.05, 3.63) is 0 Å². The molecule has 0 aromatic carbocycles. The number of nitrogens with one attached hydrogen (secondary N) is 1. The van der Waals surface area contributed by atoms with Crippen molar-refractivity contribution in [1.29, 1.82) is 0 Å². The molecule has 0 aromatic heterocycles. The Labute approximate surface area is 124 Å². The Morgan fingerprint density at radius 1 is 1.10 bits per heavy atom. The molecule has 0 aromatic rings.